The van der Waals surface area contributed by atoms with Gasteiger partial charge in [0, 0.05) is 36.0 Å². The lowest BCUT2D eigenvalue weighted by Gasteiger charge is -2.46. The van der Waals surface area contributed by atoms with Crippen molar-refractivity contribution in [1.82, 2.24) is 4.57 Å². The first-order valence-electron chi connectivity index (χ1n) is 17.8. The van der Waals surface area contributed by atoms with Crippen molar-refractivity contribution in [1.29, 1.82) is 0 Å². The number of aromatic nitrogens is 1. The van der Waals surface area contributed by atoms with Crippen LogP contribution < -0.4 is 0 Å². The van der Waals surface area contributed by atoms with Crippen LogP contribution in [0.1, 0.15) is 22.3 Å². The molecule has 0 aliphatic carbocycles. The summed E-state index contributed by atoms with van der Waals surface area (Å²) in [7, 11) is 0. The SMILES string of the molecule is c1ccc(-c2cccc3c2C2(c4ccccc4Sc4ccccc42)c2cc(-c4ccc5c6ccccc6n(-c6ccccc6)c5c4)ccc2S3)cc1. The van der Waals surface area contributed by atoms with Crippen LogP contribution in [0.2, 0.25) is 0 Å². The lowest BCUT2D eigenvalue weighted by molar-refractivity contribution is 0.669. The van der Waals surface area contributed by atoms with E-state index in [-0.39, 0.29) is 0 Å². The Kier molecular flexibility index (Phi) is 6.70. The Morgan fingerprint density at radius 2 is 0.942 bits per heavy atom. The Hall–Kier alpha value is -5.74. The van der Waals surface area contributed by atoms with Crippen molar-refractivity contribution < 1.29 is 0 Å². The molecule has 8 aromatic carbocycles. The average molecular weight is 698 g/mol. The van der Waals surface area contributed by atoms with Crippen LogP contribution in [-0.4, -0.2) is 4.57 Å². The lowest BCUT2D eigenvalue weighted by Crippen LogP contribution is -2.37. The van der Waals surface area contributed by atoms with E-state index in [1.54, 1.807) is 0 Å². The van der Waals surface area contributed by atoms with E-state index in [0.717, 1.165) is 0 Å². The van der Waals surface area contributed by atoms with Crippen LogP contribution in [0.5, 0.6) is 0 Å². The predicted octanol–water partition coefficient (Wildman–Crippen LogP) is 13.4. The smallest absolute Gasteiger partial charge is 0.0751 e. The molecule has 3 heterocycles. The first-order valence-corrected chi connectivity index (χ1v) is 19.4. The molecule has 0 unspecified atom stereocenters. The van der Waals surface area contributed by atoms with Crippen LogP contribution in [0.25, 0.3) is 49.7 Å². The minimum atomic E-state index is -0.514. The summed E-state index contributed by atoms with van der Waals surface area (Å²) in [4.78, 5) is 5.24. The summed E-state index contributed by atoms with van der Waals surface area (Å²) < 4.78 is 2.41. The largest absolute Gasteiger partial charge is 0.309 e. The van der Waals surface area contributed by atoms with Gasteiger partial charge in [-0.15, -0.1) is 0 Å². The molecule has 0 fully saturated rings. The number of fused-ring (bicyclic) bond motifs is 11. The van der Waals surface area contributed by atoms with Gasteiger partial charge >= 0.3 is 0 Å². The van der Waals surface area contributed by atoms with Crippen molar-refractivity contribution in [2.24, 2.45) is 0 Å². The minimum absolute atomic E-state index is 0.514. The van der Waals surface area contributed by atoms with Crippen LogP contribution in [0.15, 0.2) is 208 Å². The molecule has 0 radical (unpaired) electrons. The molecular weight excluding hydrogens is 667 g/mol. The Labute approximate surface area is 311 Å². The van der Waals surface area contributed by atoms with Crippen LogP contribution in [0.4, 0.5) is 0 Å². The van der Waals surface area contributed by atoms with Crippen molar-refractivity contribution in [3.63, 3.8) is 0 Å². The number of nitrogens with zero attached hydrogens (tertiary/aromatic N) is 1. The second kappa shape index (κ2) is 11.6. The summed E-state index contributed by atoms with van der Waals surface area (Å²) in [6.45, 7) is 0. The summed E-state index contributed by atoms with van der Waals surface area (Å²) in [5.74, 6) is 0. The van der Waals surface area contributed by atoms with E-state index in [9.17, 15) is 0 Å². The van der Waals surface area contributed by atoms with Gasteiger partial charge in [0.2, 0.25) is 0 Å². The molecule has 11 rings (SSSR count). The normalized spacial score (nSPS) is 13.8. The summed E-state index contributed by atoms with van der Waals surface area (Å²) in [5, 5.41) is 2.54. The number of para-hydroxylation sites is 2. The zero-order chi connectivity index (χ0) is 34.2. The molecule has 0 saturated carbocycles. The van der Waals surface area contributed by atoms with Gasteiger partial charge in [-0.3, -0.25) is 0 Å². The van der Waals surface area contributed by atoms with Gasteiger partial charge < -0.3 is 4.57 Å². The van der Waals surface area contributed by atoms with Crippen molar-refractivity contribution in [2.45, 2.75) is 25.0 Å². The Bertz CT molecular complexity index is 2810. The highest BCUT2D eigenvalue weighted by Crippen LogP contribution is 2.63. The number of hydrogen-bond donors (Lipinski definition) is 0. The zero-order valence-corrected chi connectivity index (χ0v) is 29.8. The molecule has 3 heteroatoms. The molecule has 0 atom stereocenters. The first kappa shape index (κ1) is 29.9. The van der Waals surface area contributed by atoms with Gasteiger partial charge in [-0.1, -0.05) is 157 Å². The highest BCUT2D eigenvalue weighted by Gasteiger charge is 2.50. The third kappa shape index (κ3) is 4.27. The summed E-state index contributed by atoms with van der Waals surface area (Å²) in [6.07, 6.45) is 0. The third-order valence-corrected chi connectivity index (χ3v) is 13.2. The fourth-order valence-corrected chi connectivity index (χ4v) is 11.2. The molecule has 52 heavy (non-hydrogen) atoms. The van der Waals surface area contributed by atoms with Crippen molar-refractivity contribution in [3.05, 3.63) is 210 Å². The van der Waals surface area contributed by atoms with E-state index in [2.05, 4.69) is 193 Å². The maximum absolute atomic E-state index is 2.51. The summed E-state index contributed by atoms with van der Waals surface area (Å²) in [6, 6.07) is 69.8. The molecule has 244 valence electrons. The standard InChI is InChI=1S/C49H31NS2/c1-3-14-32(15-4-1)36-19-13-25-47-48(36)49(39-20-8-11-23-44(39)51-45-24-12-9-21-40(45)49)41-30-33(27-29-46(41)52-47)34-26-28-38-37-18-7-10-22-42(37)50(43(38)31-34)35-16-5-2-6-17-35/h1-31H. The van der Waals surface area contributed by atoms with Gasteiger partial charge in [-0.25, -0.2) is 0 Å². The van der Waals surface area contributed by atoms with Crippen LogP contribution in [0, 0.1) is 0 Å². The Morgan fingerprint density at radius 3 is 1.73 bits per heavy atom. The number of hydrogen-bond acceptors (Lipinski definition) is 2. The highest BCUT2D eigenvalue weighted by molar-refractivity contribution is 8.00. The predicted molar refractivity (Wildman–Crippen MR) is 218 cm³/mol. The first-order chi connectivity index (χ1) is 25.8. The summed E-state index contributed by atoms with van der Waals surface area (Å²) in [5.41, 5.74) is 13.5. The van der Waals surface area contributed by atoms with Crippen molar-refractivity contribution in [3.8, 4) is 27.9 Å². The quantitative estimate of drug-likeness (QED) is 0.181. The van der Waals surface area contributed by atoms with Crippen molar-refractivity contribution >= 4 is 45.3 Å². The molecule has 1 aromatic heterocycles. The molecule has 1 spiro atoms. The number of rotatable bonds is 3. The van der Waals surface area contributed by atoms with E-state index < -0.39 is 5.41 Å². The topological polar surface area (TPSA) is 4.93 Å². The molecule has 1 nitrogen and oxygen atoms in total. The monoisotopic (exact) mass is 697 g/mol. The highest BCUT2D eigenvalue weighted by atomic mass is 32.2. The van der Waals surface area contributed by atoms with E-state index >= 15 is 0 Å². The molecule has 9 aromatic rings. The fourth-order valence-electron chi connectivity index (χ4n) is 8.77. The molecular formula is C49H31NS2. The second-order valence-electron chi connectivity index (χ2n) is 13.6. The molecule has 2 aliphatic heterocycles. The van der Waals surface area contributed by atoms with Crippen LogP contribution in [-0.2, 0) is 5.41 Å². The van der Waals surface area contributed by atoms with Gasteiger partial charge in [0.1, 0.15) is 0 Å². The van der Waals surface area contributed by atoms with Gasteiger partial charge in [-0.2, -0.15) is 0 Å². The maximum Gasteiger partial charge on any atom is 0.0751 e. The fraction of sp³-hybridized carbons (Fsp3) is 0.0204. The Balaban J connectivity index is 1.22. The van der Waals surface area contributed by atoms with Crippen LogP contribution in [0.3, 0.4) is 0 Å². The molecule has 0 amide bonds. The van der Waals surface area contributed by atoms with E-state index in [0.29, 0.717) is 0 Å². The van der Waals surface area contributed by atoms with E-state index in [1.807, 2.05) is 23.5 Å². The molecule has 0 saturated heterocycles. The molecule has 2 aliphatic rings. The van der Waals surface area contributed by atoms with Crippen LogP contribution >= 0.6 is 23.5 Å². The lowest BCUT2D eigenvalue weighted by atomic mass is 9.62. The molecule has 0 bridgehead atoms. The van der Waals surface area contributed by atoms with Gasteiger partial charge in [0.05, 0.1) is 16.4 Å². The van der Waals surface area contributed by atoms with E-state index in [4.69, 9.17) is 0 Å². The maximum atomic E-state index is 2.51. The van der Waals surface area contributed by atoms with Gasteiger partial charge in [0.25, 0.3) is 0 Å². The summed E-state index contributed by atoms with van der Waals surface area (Å²) >= 11 is 3.80. The minimum Gasteiger partial charge on any atom is -0.309 e. The van der Waals surface area contributed by atoms with E-state index in [1.165, 1.54) is 91.6 Å². The van der Waals surface area contributed by atoms with Gasteiger partial charge in [0.15, 0.2) is 0 Å². The van der Waals surface area contributed by atoms with Gasteiger partial charge in [-0.05, 0) is 99.1 Å². The Morgan fingerprint density at radius 1 is 0.365 bits per heavy atom. The second-order valence-corrected chi connectivity index (χ2v) is 15.8. The molecule has 0 N–H and O–H groups in total. The van der Waals surface area contributed by atoms with Crippen molar-refractivity contribution in [2.75, 3.05) is 0 Å². The number of benzene rings is 8. The average Bonchev–Trinajstić information content (AvgIpc) is 3.55. The third-order valence-electron chi connectivity index (χ3n) is 10.9. The zero-order valence-electron chi connectivity index (χ0n) is 28.2.